The van der Waals surface area contributed by atoms with Crippen molar-refractivity contribution in [1.29, 1.82) is 0 Å². The van der Waals surface area contributed by atoms with E-state index in [1.165, 1.54) is 7.11 Å². The minimum atomic E-state index is -0.478. The Morgan fingerprint density at radius 1 is 1.31 bits per heavy atom. The Morgan fingerprint density at radius 2 is 2.12 bits per heavy atom. The first-order valence-corrected chi connectivity index (χ1v) is 9.56. The zero-order valence-electron chi connectivity index (χ0n) is 14.3. The summed E-state index contributed by atoms with van der Waals surface area (Å²) in [6.45, 7) is 0.171. The second kappa shape index (κ2) is 6.79. The van der Waals surface area contributed by atoms with Gasteiger partial charge in [0.25, 0.3) is 0 Å². The number of methoxy groups -OCH3 is 1. The highest BCUT2D eigenvalue weighted by atomic mass is 79.9. The number of ether oxygens (including phenoxy) is 3. The number of fused-ring (bicyclic) bond motifs is 1. The Bertz CT molecular complexity index is 857. The fraction of sp³-hybridized carbons (Fsp3) is 0.368. The van der Waals surface area contributed by atoms with E-state index in [4.69, 9.17) is 14.2 Å². The molecule has 0 bridgehead atoms. The van der Waals surface area contributed by atoms with Gasteiger partial charge in [-0.15, -0.1) is 0 Å². The summed E-state index contributed by atoms with van der Waals surface area (Å²) >= 11 is 3.45. The van der Waals surface area contributed by atoms with Crippen LogP contribution in [0.4, 0.5) is 0 Å². The first-order chi connectivity index (χ1) is 12.6. The average Bonchev–Trinajstić information content (AvgIpc) is 3.13. The van der Waals surface area contributed by atoms with Crippen molar-refractivity contribution in [3.05, 3.63) is 46.3 Å². The molecule has 1 unspecified atom stereocenters. The molecule has 26 heavy (non-hydrogen) atoms. The minimum Gasteiger partial charge on any atom is -0.466 e. The predicted octanol–water partition coefficient (Wildman–Crippen LogP) is 2.93. The molecule has 136 valence electrons. The highest BCUT2D eigenvalue weighted by Gasteiger charge is 2.40. The predicted molar refractivity (Wildman–Crippen MR) is 97.2 cm³/mol. The molecule has 0 aromatic heterocycles. The molecule has 3 aliphatic rings. The normalized spacial score (nSPS) is 21.5. The number of allylic oxidation sites excluding steroid dienone is 3. The quantitative estimate of drug-likeness (QED) is 0.599. The van der Waals surface area contributed by atoms with Crippen LogP contribution in [-0.2, 0) is 14.3 Å². The number of dihydropyridines is 1. The fourth-order valence-corrected chi connectivity index (χ4v) is 4.22. The number of benzene rings is 1. The molecule has 4 rings (SSSR count). The van der Waals surface area contributed by atoms with Crippen molar-refractivity contribution in [1.82, 2.24) is 5.32 Å². The zero-order chi connectivity index (χ0) is 18.3. The van der Waals surface area contributed by atoms with Gasteiger partial charge >= 0.3 is 5.97 Å². The third-order valence-electron chi connectivity index (χ3n) is 4.93. The van der Waals surface area contributed by atoms with E-state index in [-0.39, 0.29) is 12.6 Å². The average molecular weight is 420 g/mol. The molecule has 0 spiro atoms. The monoisotopic (exact) mass is 419 g/mol. The molecule has 2 heterocycles. The van der Waals surface area contributed by atoms with Crippen molar-refractivity contribution in [3.8, 4) is 11.5 Å². The van der Waals surface area contributed by atoms with Crippen molar-refractivity contribution in [2.45, 2.75) is 25.2 Å². The summed E-state index contributed by atoms with van der Waals surface area (Å²) in [6, 6.07) is 5.54. The first kappa shape index (κ1) is 17.1. The number of Topliss-reactive ketones (excluding diaryl/α,β-unsaturated/α-hetero) is 1. The molecule has 6 nitrogen and oxygen atoms in total. The van der Waals surface area contributed by atoms with Crippen LogP contribution in [0.15, 0.2) is 40.7 Å². The Hall–Kier alpha value is -2.28. The number of hydrogen-bond acceptors (Lipinski definition) is 6. The van der Waals surface area contributed by atoms with E-state index in [0.29, 0.717) is 34.4 Å². The maximum absolute atomic E-state index is 12.8. The van der Waals surface area contributed by atoms with Crippen molar-refractivity contribution in [2.75, 3.05) is 19.2 Å². The SMILES string of the molecule is COC(=O)C1=C(CBr)NC2=C(C(=O)CCC2)C1c1ccc2c(c1)OCO2. The van der Waals surface area contributed by atoms with E-state index in [1.54, 1.807) is 0 Å². The van der Waals surface area contributed by atoms with Crippen LogP contribution in [0.5, 0.6) is 11.5 Å². The minimum absolute atomic E-state index is 0.0662. The van der Waals surface area contributed by atoms with Crippen LogP contribution in [0.1, 0.15) is 30.7 Å². The topological polar surface area (TPSA) is 73.9 Å². The van der Waals surface area contributed by atoms with Gasteiger partial charge in [0.2, 0.25) is 6.79 Å². The Kier molecular flexibility index (Phi) is 4.48. The Balaban J connectivity index is 1.90. The standard InChI is InChI=1S/C19H18BrNO5/c1-24-19(23)18-12(8-20)21-11-3-2-4-13(22)17(11)16(18)10-5-6-14-15(7-10)26-9-25-14/h5-7,16,21H,2-4,8-9H2,1H3. The van der Waals surface area contributed by atoms with Crippen molar-refractivity contribution >= 4 is 27.7 Å². The van der Waals surface area contributed by atoms with Crippen LogP contribution in [0.3, 0.4) is 0 Å². The molecule has 0 amide bonds. The van der Waals surface area contributed by atoms with E-state index in [0.717, 1.165) is 29.8 Å². The van der Waals surface area contributed by atoms with Gasteiger partial charge < -0.3 is 19.5 Å². The van der Waals surface area contributed by atoms with Crippen LogP contribution < -0.4 is 14.8 Å². The highest BCUT2D eigenvalue weighted by Crippen LogP contribution is 2.45. The summed E-state index contributed by atoms with van der Waals surface area (Å²) in [5.74, 6) is 0.428. The molecule has 1 aliphatic carbocycles. The van der Waals surface area contributed by atoms with E-state index in [1.807, 2.05) is 18.2 Å². The largest absolute Gasteiger partial charge is 0.466 e. The fourth-order valence-electron chi connectivity index (χ4n) is 3.78. The van der Waals surface area contributed by atoms with Gasteiger partial charge in [-0.2, -0.15) is 0 Å². The summed E-state index contributed by atoms with van der Waals surface area (Å²) < 4.78 is 15.9. The molecule has 7 heteroatoms. The molecule has 1 aromatic rings. The van der Waals surface area contributed by atoms with Gasteiger partial charge in [0.15, 0.2) is 17.3 Å². The number of halogens is 1. The van der Waals surface area contributed by atoms with Gasteiger partial charge in [0, 0.05) is 34.6 Å². The van der Waals surface area contributed by atoms with Crippen LogP contribution in [0.25, 0.3) is 0 Å². The third-order valence-corrected chi connectivity index (χ3v) is 5.49. The number of nitrogens with one attached hydrogen (secondary N) is 1. The summed E-state index contributed by atoms with van der Waals surface area (Å²) in [7, 11) is 1.35. The molecule has 0 radical (unpaired) electrons. The molecule has 1 aromatic carbocycles. The molecule has 1 atom stereocenters. The van der Waals surface area contributed by atoms with Crippen LogP contribution >= 0.6 is 15.9 Å². The smallest absolute Gasteiger partial charge is 0.336 e. The molecule has 0 saturated heterocycles. The number of ketones is 1. The van der Waals surface area contributed by atoms with Crippen molar-refractivity contribution < 1.29 is 23.8 Å². The van der Waals surface area contributed by atoms with Crippen LogP contribution in [0.2, 0.25) is 0 Å². The molecule has 0 saturated carbocycles. The Labute approximate surface area is 159 Å². The molecular weight excluding hydrogens is 402 g/mol. The highest BCUT2D eigenvalue weighted by molar-refractivity contribution is 9.09. The number of carbonyl (C=O) groups excluding carboxylic acids is 2. The molecule has 1 N–H and O–H groups in total. The van der Waals surface area contributed by atoms with Crippen LogP contribution in [0, 0.1) is 0 Å². The molecule has 0 fully saturated rings. The lowest BCUT2D eigenvalue weighted by molar-refractivity contribution is -0.136. The summed E-state index contributed by atoms with van der Waals surface area (Å²) in [6.07, 6.45) is 2.08. The second-order valence-corrected chi connectivity index (χ2v) is 6.92. The number of esters is 1. The lowest BCUT2D eigenvalue weighted by atomic mass is 9.75. The third kappa shape index (κ3) is 2.70. The summed E-state index contributed by atoms with van der Waals surface area (Å²) in [5.41, 5.74) is 3.55. The van der Waals surface area contributed by atoms with E-state index >= 15 is 0 Å². The van der Waals surface area contributed by atoms with Gasteiger partial charge in [0.1, 0.15) is 0 Å². The van der Waals surface area contributed by atoms with Crippen molar-refractivity contribution in [3.63, 3.8) is 0 Å². The van der Waals surface area contributed by atoms with Crippen LogP contribution in [-0.4, -0.2) is 31.0 Å². The lowest BCUT2D eigenvalue weighted by Crippen LogP contribution is -2.35. The zero-order valence-corrected chi connectivity index (χ0v) is 15.9. The van der Waals surface area contributed by atoms with Gasteiger partial charge in [-0.05, 0) is 30.5 Å². The van der Waals surface area contributed by atoms with Gasteiger partial charge in [-0.1, -0.05) is 22.0 Å². The van der Waals surface area contributed by atoms with Gasteiger partial charge in [-0.25, -0.2) is 4.79 Å². The van der Waals surface area contributed by atoms with E-state index in [2.05, 4.69) is 21.2 Å². The first-order valence-electron chi connectivity index (χ1n) is 8.44. The number of hydrogen-bond donors (Lipinski definition) is 1. The Morgan fingerprint density at radius 3 is 2.88 bits per heavy atom. The maximum atomic E-state index is 12.8. The van der Waals surface area contributed by atoms with Gasteiger partial charge in [-0.3, -0.25) is 4.79 Å². The van der Waals surface area contributed by atoms with E-state index in [9.17, 15) is 9.59 Å². The number of rotatable bonds is 3. The maximum Gasteiger partial charge on any atom is 0.336 e. The van der Waals surface area contributed by atoms with Gasteiger partial charge in [0.05, 0.1) is 12.7 Å². The number of carbonyl (C=O) groups is 2. The molecule has 2 aliphatic heterocycles. The number of alkyl halides is 1. The summed E-state index contributed by atoms with van der Waals surface area (Å²) in [4.78, 5) is 25.4. The van der Waals surface area contributed by atoms with Crippen molar-refractivity contribution in [2.24, 2.45) is 0 Å². The molecular formula is C19H18BrNO5. The second-order valence-electron chi connectivity index (χ2n) is 6.36. The lowest BCUT2D eigenvalue weighted by Gasteiger charge is -2.34. The van der Waals surface area contributed by atoms with E-state index < -0.39 is 11.9 Å². The summed E-state index contributed by atoms with van der Waals surface area (Å²) in [5, 5.41) is 3.75.